The predicted molar refractivity (Wildman–Crippen MR) is 416 cm³/mol. The van der Waals surface area contributed by atoms with E-state index in [0.29, 0.717) is 128 Å². The summed E-state index contributed by atoms with van der Waals surface area (Å²) < 4.78 is 45.0. The number of carbonyl (C=O) groups is 2. The zero-order chi connectivity index (χ0) is 73.8. The number of rotatable bonds is 11. The molecule has 106 heavy (non-hydrogen) atoms. The van der Waals surface area contributed by atoms with E-state index < -0.39 is 11.6 Å². The van der Waals surface area contributed by atoms with Crippen molar-refractivity contribution in [2.45, 2.75) is 53.4 Å². The predicted octanol–water partition coefficient (Wildman–Crippen LogP) is 13.0. The van der Waals surface area contributed by atoms with E-state index in [2.05, 4.69) is 63.7 Å². The van der Waals surface area contributed by atoms with Crippen molar-refractivity contribution in [1.29, 1.82) is 0 Å². The molecule has 0 saturated carbocycles. The number of benzene rings is 6. The topological polar surface area (TPSA) is 248 Å². The SMILES string of the molecule is C.C.C=CC(=O)N1CCN(c2nnc(OC)c3cc(-c4c(O)cccc4F)c(Cl)cc23)CC1.C=CC(=O)N1CCN(c2nnc(OC)c3cc(Cl)c(-c4c(O)cccc4F)cc23)CC1.COc1nnc(N2CCCCC2)c2cc(Cl)c(Cl)cc12.C[O-].Clc1cc2c(Cl)nnc(N3CCCCC3)c2cc1Cl.[Na+]. The minimum atomic E-state index is -0.592. The van der Waals surface area contributed by atoms with Crippen LogP contribution < -0.4 is 68.5 Å². The van der Waals surface area contributed by atoms with E-state index in [9.17, 15) is 28.6 Å². The first-order valence-corrected chi connectivity index (χ1v) is 35.2. The Kier molecular flexibility index (Phi) is 31.7. The van der Waals surface area contributed by atoms with Gasteiger partial charge in [-0.25, -0.2) is 8.78 Å². The normalized spacial score (nSPS) is 14.1. The summed E-state index contributed by atoms with van der Waals surface area (Å²) in [4.78, 5) is 35.7. The van der Waals surface area contributed by atoms with Gasteiger partial charge in [0.15, 0.2) is 28.4 Å². The second-order valence-electron chi connectivity index (χ2n) is 23.7. The van der Waals surface area contributed by atoms with Crippen LogP contribution in [0.25, 0.3) is 65.3 Å². The number of nitrogens with zero attached hydrogens (tertiary/aromatic N) is 14. The molecule has 14 rings (SSSR count). The van der Waals surface area contributed by atoms with Crippen molar-refractivity contribution in [3.63, 3.8) is 0 Å². The van der Waals surface area contributed by atoms with E-state index in [1.54, 1.807) is 53.3 Å². The number of phenolic OH excluding ortho intramolecular Hbond substituents is 2. The summed E-state index contributed by atoms with van der Waals surface area (Å²) in [6.45, 7) is 15.3. The first-order valence-electron chi connectivity index (χ1n) is 32.5. The minimum absolute atomic E-state index is 0. The van der Waals surface area contributed by atoms with E-state index in [-0.39, 0.29) is 101 Å². The van der Waals surface area contributed by atoms with Crippen LogP contribution in [-0.4, -0.2) is 180 Å². The Labute approximate surface area is 670 Å². The number of methoxy groups -OCH3 is 3. The number of hydrogen-bond acceptors (Lipinski definition) is 20. The van der Waals surface area contributed by atoms with E-state index >= 15 is 0 Å². The van der Waals surface area contributed by atoms with E-state index in [1.165, 1.54) is 101 Å². The third-order valence-electron chi connectivity index (χ3n) is 17.7. The third kappa shape index (κ3) is 19.0. The molecule has 2 amide bonds. The van der Waals surface area contributed by atoms with Crippen molar-refractivity contribution in [3.8, 4) is 51.4 Å². The van der Waals surface area contributed by atoms with Gasteiger partial charge in [-0.2, -0.15) is 7.11 Å². The number of halogens is 9. The van der Waals surface area contributed by atoms with Crippen LogP contribution in [0.3, 0.4) is 0 Å². The standard InChI is InChI=1S/2C22H20ClFN4O3.C14H15Cl2N3O.C13H12Cl3N3.CH3O.2CH4.Na/c1-3-19(30)27-7-9-28(10-8-27)21-13-12-16(23)15(11-14(13)22(31-2)26-25-21)20-17(24)5-4-6-18(20)29;1-3-19(30)27-7-9-28(10-8-27)21-13-11-15(20-17(24)5-4-6-18(20)29)16(23)12-14(13)22(31-2)26-25-21;1-20-14-10-8-12(16)11(15)7-9(10)13(17-18-14)19-5-3-2-4-6-19;14-10-6-8-9(7-11(10)15)13(18-17-12(8)16)19-4-2-1-3-5-19;1-2;;;/h2*3-6,11-12,29H,1,7-10H2,2H3;7-8H,2-6H2,1H3;6-7H,1-5H2;1H3;2*1H4;/q;;;;-1;;;+1. The Bertz CT molecular complexity index is 4770. The summed E-state index contributed by atoms with van der Waals surface area (Å²) in [5.74, 6) is 2.03. The fourth-order valence-electron chi connectivity index (χ4n) is 12.6. The molecule has 4 saturated heterocycles. The smallest absolute Gasteiger partial charge is 0.857 e. The van der Waals surface area contributed by atoms with Gasteiger partial charge in [-0.1, -0.05) is 121 Å². The summed E-state index contributed by atoms with van der Waals surface area (Å²) >= 11 is 43.5. The van der Waals surface area contributed by atoms with Gasteiger partial charge in [-0.15, -0.1) is 40.8 Å². The van der Waals surface area contributed by atoms with Crippen LogP contribution in [0.2, 0.25) is 35.3 Å². The first-order chi connectivity index (χ1) is 49.7. The molecule has 556 valence electrons. The number of anilines is 4. The number of carbonyl (C=O) groups excluding carboxylic acids is 2. The average molecular weight is 1600 g/mol. The molecular weight excluding hydrogens is 1520 g/mol. The number of fused-ring (bicyclic) bond motifs is 4. The van der Waals surface area contributed by atoms with Crippen molar-refractivity contribution in [1.82, 2.24) is 50.6 Å². The molecule has 0 unspecified atom stereocenters. The summed E-state index contributed by atoms with van der Waals surface area (Å²) in [6.07, 6.45) is 9.84. The van der Waals surface area contributed by atoms with Gasteiger partial charge in [0, 0.05) is 127 Å². The van der Waals surface area contributed by atoms with Crippen LogP contribution in [0.1, 0.15) is 53.4 Å². The molecule has 0 spiro atoms. The number of aromatic nitrogens is 8. The van der Waals surface area contributed by atoms with E-state index in [0.717, 1.165) is 66.5 Å². The quantitative estimate of drug-likeness (QED) is 0.0902. The van der Waals surface area contributed by atoms with E-state index in [4.69, 9.17) is 101 Å². The number of aromatic hydroxyl groups is 2. The molecule has 0 radical (unpaired) electrons. The number of hydrogen-bond donors (Lipinski definition) is 2. The van der Waals surface area contributed by atoms with Gasteiger partial charge in [0.2, 0.25) is 29.5 Å². The van der Waals surface area contributed by atoms with Gasteiger partial charge in [-0.05, 0) is 123 Å². The van der Waals surface area contributed by atoms with Crippen molar-refractivity contribution >= 4 is 159 Å². The average Bonchev–Trinajstić information content (AvgIpc) is 0.771. The van der Waals surface area contributed by atoms with Crippen LogP contribution in [0.4, 0.5) is 32.1 Å². The van der Waals surface area contributed by atoms with Gasteiger partial charge >= 0.3 is 29.6 Å². The summed E-state index contributed by atoms with van der Waals surface area (Å²) in [7, 11) is 5.28. The summed E-state index contributed by atoms with van der Waals surface area (Å²) in [5, 5.41) is 71.3. The summed E-state index contributed by atoms with van der Waals surface area (Å²) in [6, 6.07) is 22.0. The van der Waals surface area contributed by atoms with Crippen molar-refractivity contribution < 1.29 is 77.5 Å². The Morgan fingerprint density at radius 3 is 1.05 bits per heavy atom. The Balaban J connectivity index is 0.000000198. The molecule has 4 fully saturated rings. The zero-order valence-corrected chi connectivity index (χ0v) is 64.7. The maximum absolute atomic E-state index is 14.5. The van der Waals surface area contributed by atoms with Crippen LogP contribution in [0.5, 0.6) is 29.1 Å². The van der Waals surface area contributed by atoms with Gasteiger partial charge in [0.1, 0.15) is 23.1 Å². The molecule has 0 atom stereocenters. The molecular formula is C74H78Cl7F2N14NaO8. The molecule has 0 aliphatic carbocycles. The molecule has 4 aromatic heterocycles. The van der Waals surface area contributed by atoms with Crippen LogP contribution in [0, 0.1) is 11.6 Å². The summed E-state index contributed by atoms with van der Waals surface area (Å²) in [5.41, 5.74) is 0.675. The third-order valence-corrected chi connectivity index (χ3v) is 20.0. The van der Waals surface area contributed by atoms with E-state index in [1.807, 2.05) is 21.9 Å². The molecule has 6 aromatic carbocycles. The monoisotopic (exact) mass is 1600 g/mol. The molecule has 4 aliphatic rings. The maximum Gasteiger partial charge on any atom is 1.00 e. The number of amides is 2. The minimum Gasteiger partial charge on any atom is -0.857 e. The molecule has 2 N–H and O–H groups in total. The second kappa shape index (κ2) is 39.3. The number of phenols is 2. The van der Waals surface area contributed by atoms with Crippen molar-refractivity contribution in [3.05, 3.63) is 157 Å². The van der Waals surface area contributed by atoms with Crippen LogP contribution in [0.15, 0.2) is 110 Å². The zero-order valence-electron chi connectivity index (χ0n) is 57.4. The largest absolute Gasteiger partial charge is 1.00 e. The second-order valence-corrected chi connectivity index (χ2v) is 26.5. The maximum atomic E-state index is 14.5. The molecule has 32 heteroatoms. The van der Waals surface area contributed by atoms with Gasteiger partial charge in [-0.3, -0.25) is 9.59 Å². The Hall–Kier alpha value is -7.85. The van der Waals surface area contributed by atoms with Gasteiger partial charge in [0.25, 0.3) is 0 Å². The fourth-order valence-corrected chi connectivity index (χ4v) is 13.9. The molecule has 10 aromatic rings. The Morgan fingerprint density at radius 2 is 0.698 bits per heavy atom. The van der Waals surface area contributed by atoms with Crippen molar-refractivity contribution in [2.24, 2.45) is 0 Å². The number of ether oxygens (including phenoxy) is 3. The van der Waals surface area contributed by atoms with Gasteiger partial charge in [0.05, 0.1) is 68.7 Å². The molecule has 0 bridgehead atoms. The first kappa shape index (κ1) is 85.4. The van der Waals surface area contributed by atoms with Gasteiger partial charge < -0.3 is 58.9 Å². The molecule has 4 aliphatic heterocycles. The number of piperidine rings is 2. The fraction of sp³-hybridized carbons (Fsp3) is 0.324. The molecule has 8 heterocycles. The van der Waals surface area contributed by atoms with Crippen LogP contribution >= 0.6 is 81.2 Å². The van der Waals surface area contributed by atoms with Crippen molar-refractivity contribution in [2.75, 3.05) is 127 Å². The Morgan fingerprint density at radius 1 is 0.415 bits per heavy atom. The molecule has 22 nitrogen and oxygen atoms in total. The number of piperazine rings is 2. The van der Waals surface area contributed by atoms with Crippen LogP contribution in [-0.2, 0) is 9.59 Å².